The van der Waals surface area contributed by atoms with Gasteiger partial charge in [-0.2, -0.15) is 0 Å². The fourth-order valence-corrected chi connectivity index (χ4v) is 3.22. The monoisotopic (exact) mass is 234 g/mol. The standard InChI is InChI=1S/C15H26N2/c1-5-13(6-2)17-11-15(4,12-8-9-12)16-10-14(17)7-3/h1,12-14,16H,6-11H2,2-4H3. The van der Waals surface area contributed by atoms with Gasteiger partial charge in [0.25, 0.3) is 0 Å². The Labute approximate surface area is 106 Å². The summed E-state index contributed by atoms with van der Waals surface area (Å²) in [5.41, 5.74) is 0.302. The molecule has 0 amide bonds. The Hall–Kier alpha value is -0.520. The number of hydrogen-bond acceptors (Lipinski definition) is 2. The molecule has 0 aromatic carbocycles. The molecule has 2 rings (SSSR count). The minimum atomic E-state index is 0.302. The maximum absolute atomic E-state index is 5.70. The van der Waals surface area contributed by atoms with E-state index in [0.717, 1.165) is 25.4 Å². The fourth-order valence-electron chi connectivity index (χ4n) is 3.22. The summed E-state index contributed by atoms with van der Waals surface area (Å²) in [6, 6.07) is 0.933. The van der Waals surface area contributed by atoms with Crippen LogP contribution >= 0.6 is 0 Å². The molecule has 1 heterocycles. The molecule has 0 aromatic heterocycles. The fraction of sp³-hybridized carbons (Fsp3) is 0.867. The van der Waals surface area contributed by atoms with E-state index in [1.807, 2.05) is 0 Å². The van der Waals surface area contributed by atoms with Gasteiger partial charge in [0.15, 0.2) is 0 Å². The largest absolute Gasteiger partial charge is 0.308 e. The topological polar surface area (TPSA) is 15.3 Å². The zero-order valence-electron chi connectivity index (χ0n) is 11.5. The first-order valence-corrected chi connectivity index (χ1v) is 7.11. The summed E-state index contributed by atoms with van der Waals surface area (Å²) in [5.74, 6) is 3.85. The van der Waals surface area contributed by atoms with Crippen molar-refractivity contribution in [3.63, 3.8) is 0 Å². The van der Waals surface area contributed by atoms with E-state index in [0.29, 0.717) is 17.6 Å². The SMILES string of the molecule is C#CC(CC)N1CC(C)(C2CC2)NCC1CC. The second-order valence-electron chi connectivity index (χ2n) is 5.90. The molecule has 96 valence electrons. The smallest absolute Gasteiger partial charge is 0.0712 e. The molecule has 1 aliphatic carbocycles. The molecule has 0 bridgehead atoms. The van der Waals surface area contributed by atoms with Crippen LogP contribution in [0.15, 0.2) is 0 Å². The minimum absolute atomic E-state index is 0.302. The predicted molar refractivity (Wildman–Crippen MR) is 72.8 cm³/mol. The van der Waals surface area contributed by atoms with Gasteiger partial charge in [0.1, 0.15) is 0 Å². The van der Waals surface area contributed by atoms with Crippen LogP contribution in [0.25, 0.3) is 0 Å². The van der Waals surface area contributed by atoms with E-state index in [2.05, 4.69) is 36.9 Å². The lowest BCUT2D eigenvalue weighted by Gasteiger charge is -2.48. The second kappa shape index (κ2) is 5.00. The van der Waals surface area contributed by atoms with Gasteiger partial charge in [-0.3, -0.25) is 4.90 Å². The minimum Gasteiger partial charge on any atom is -0.308 e. The highest BCUT2D eigenvalue weighted by molar-refractivity contribution is 5.09. The summed E-state index contributed by atoms with van der Waals surface area (Å²) in [6.07, 6.45) is 10.7. The van der Waals surface area contributed by atoms with Crippen LogP contribution in [-0.2, 0) is 0 Å². The number of nitrogens with one attached hydrogen (secondary N) is 1. The van der Waals surface area contributed by atoms with Gasteiger partial charge >= 0.3 is 0 Å². The van der Waals surface area contributed by atoms with Crippen LogP contribution in [0.4, 0.5) is 0 Å². The van der Waals surface area contributed by atoms with Crippen molar-refractivity contribution in [2.45, 2.75) is 64.1 Å². The van der Waals surface area contributed by atoms with E-state index >= 15 is 0 Å². The van der Waals surface area contributed by atoms with Crippen molar-refractivity contribution >= 4 is 0 Å². The second-order valence-corrected chi connectivity index (χ2v) is 5.90. The Balaban J connectivity index is 2.10. The van der Waals surface area contributed by atoms with E-state index in [-0.39, 0.29) is 0 Å². The van der Waals surface area contributed by atoms with E-state index in [1.54, 1.807) is 0 Å². The molecule has 3 atom stereocenters. The van der Waals surface area contributed by atoms with E-state index in [4.69, 9.17) is 6.42 Å². The predicted octanol–water partition coefficient (Wildman–Crippen LogP) is 2.25. The summed E-state index contributed by atoms with van der Waals surface area (Å²) >= 11 is 0. The Morgan fingerprint density at radius 2 is 2.18 bits per heavy atom. The Kier molecular flexibility index (Phi) is 3.80. The lowest BCUT2D eigenvalue weighted by Crippen LogP contribution is -2.65. The van der Waals surface area contributed by atoms with Crippen LogP contribution in [-0.4, -0.2) is 35.6 Å². The van der Waals surface area contributed by atoms with Gasteiger partial charge in [0.2, 0.25) is 0 Å². The lowest BCUT2D eigenvalue weighted by molar-refractivity contribution is 0.0532. The molecule has 0 aromatic rings. The highest BCUT2D eigenvalue weighted by Crippen LogP contribution is 2.41. The van der Waals surface area contributed by atoms with Crippen molar-refractivity contribution in [3.05, 3.63) is 0 Å². The van der Waals surface area contributed by atoms with E-state index in [9.17, 15) is 0 Å². The highest BCUT2D eigenvalue weighted by atomic mass is 15.3. The van der Waals surface area contributed by atoms with Gasteiger partial charge in [-0.05, 0) is 38.5 Å². The van der Waals surface area contributed by atoms with Crippen molar-refractivity contribution < 1.29 is 0 Å². The van der Waals surface area contributed by atoms with Crippen molar-refractivity contribution in [1.29, 1.82) is 0 Å². The van der Waals surface area contributed by atoms with Gasteiger partial charge in [0, 0.05) is 24.7 Å². The molecule has 3 unspecified atom stereocenters. The summed E-state index contributed by atoms with van der Waals surface area (Å²) in [4.78, 5) is 2.58. The van der Waals surface area contributed by atoms with Crippen LogP contribution in [0, 0.1) is 18.3 Å². The average Bonchev–Trinajstić information content (AvgIpc) is 3.15. The van der Waals surface area contributed by atoms with Crippen molar-refractivity contribution in [2.24, 2.45) is 5.92 Å². The third-order valence-electron chi connectivity index (χ3n) is 4.65. The van der Waals surface area contributed by atoms with Crippen LogP contribution < -0.4 is 5.32 Å². The first-order chi connectivity index (χ1) is 8.14. The zero-order valence-corrected chi connectivity index (χ0v) is 11.5. The molecule has 2 heteroatoms. The third kappa shape index (κ3) is 2.51. The van der Waals surface area contributed by atoms with Crippen LogP contribution in [0.3, 0.4) is 0 Å². The zero-order chi connectivity index (χ0) is 12.5. The molecule has 1 saturated carbocycles. The average molecular weight is 234 g/mol. The Morgan fingerprint density at radius 3 is 2.65 bits per heavy atom. The van der Waals surface area contributed by atoms with Gasteiger partial charge in [-0.1, -0.05) is 19.8 Å². The molecule has 1 saturated heterocycles. The summed E-state index contributed by atoms with van der Waals surface area (Å²) in [7, 11) is 0. The van der Waals surface area contributed by atoms with E-state index < -0.39 is 0 Å². The summed E-state index contributed by atoms with van der Waals surface area (Å²) in [5, 5.41) is 3.78. The van der Waals surface area contributed by atoms with Gasteiger partial charge in [-0.25, -0.2) is 0 Å². The highest BCUT2D eigenvalue weighted by Gasteiger charge is 2.46. The molecule has 17 heavy (non-hydrogen) atoms. The van der Waals surface area contributed by atoms with Crippen LogP contribution in [0.5, 0.6) is 0 Å². The molecule has 0 spiro atoms. The quantitative estimate of drug-likeness (QED) is 0.751. The third-order valence-corrected chi connectivity index (χ3v) is 4.65. The number of terminal acetylenes is 1. The van der Waals surface area contributed by atoms with E-state index in [1.165, 1.54) is 19.3 Å². The van der Waals surface area contributed by atoms with Crippen molar-refractivity contribution in [3.8, 4) is 12.3 Å². The molecule has 1 aliphatic heterocycles. The van der Waals surface area contributed by atoms with Gasteiger partial charge in [0.05, 0.1) is 6.04 Å². The van der Waals surface area contributed by atoms with Crippen molar-refractivity contribution in [1.82, 2.24) is 10.2 Å². The first kappa shape index (κ1) is 12.9. The molecule has 2 nitrogen and oxygen atoms in total. The molecule has 0 radical (unpaired) electrons. The van der Waals surface area contributed by atoms with Crippen LogP contribution in [0.2, 0.25) is 0 Å². The molecule has 1 N–H and O–H groups in total. The van der Waals surface area contributed by atoms with Gasteiger partial charge < -0.3 is 5.32 Å². The molecule has 2 fully saturated rings. The van der Waals surface area contributed by atoms with Crippen molar-refractivity contribution in [2.75, 3.05) is 13.1 Å². The molecule has 2 aliphatic rings. The number of hydrogen-bond donors (Lipinski definition) is 1. The normalized spacial score (nSPS) is 36.5. The number of piperazine rings is 1. The Bertz CT molecular complexity index is 303. The lowest BCUT2D eigenvalue weighted by atomic mass is 9.89. The van der Waals surface area contributed by atoms with Crippen LogP contribution in [0.1, 0.15) is 46.5 Å². The molecular weight excluding hydrogens is 208 g/mol. The maximum Gasteiger partial charge on any atom is 0.0712 e. The molecular formula is C15H26N2. The number of nitrogens with zero attached hydrogens (tertiary/aromatic N) is 1. The van der Waals surface area contributed by atoms with Gasteiger partial charge in [-0.15, -0.1) is 6.42 Å². The summed E-state index contributed by atoms with van der Waals surface area (Å²) in [6.45, 7) is 9.07. The Morgan fingerprint density at radius 1 is 1.47 bits per heavy atom. The first-order valence-electron chi connectivity index (χ1n) is 7.11. The summed E-state index contributed by atoms with van der Waals surface area (Å²) < 4.78 is 0. The number of rotatable bonds is 4. The maximum atomic E-state index is 5.70.